The molecule has 82 valence electrons. The maximum atomic E-state index is 10.7. The highest BCUT2D eigenvalue weighted by Crippen LogP contribution is 2.23. The summed E-state index contributed by atoms with van der Waals surface area (Å²) in [5.74, 6) is 0. The Balaban J connectivity index is 2.15. The Bertz CT molecular complexity index is 351. The zero-order valence-electron chi connectivity index (χ0n) is 9.31. The summed E-state index contributed by atoms with van der Waals surface area (Å²) < 4.78 is 2.01. The van der Waals surface area contributed by atoms with Crippen LogP contribution in [0.3, 0.4) is 0 Å². The van der Waals surface area contributed by atoms with Crippen LogP contribution in [0.25, 0.3) is 0 Å². The highest BCUT2D eigenvalue weighted by atomic mass is 16.1. The van der Waals surface area contributed by atoms with E-state index in [4.69, 9.17) is 0 Å². The molecule has 4 heteroatoms. The first kappa shape index (κ1) is 10.4. The molecule has 0 spiro atoms. The number of aldehydes is 1. The maximum Gasteiger partial charge on any atom is 0.153 e. The molecule has 2 heterocycles. The number of piperidine rings is 1. The van der Waals surface area contributed by atoms with Gasteiger partial charge in [-0.3, -0.25) is 9.48 Å². The molecule has 15 heavy (non-hydrogen) atoms. The van der Waals surface area contributed by atoms with Gasteiger partial charge in [-0.25, -0.2) is 0 Å². The second kappa shape index (κ2) is 4.14. The van der Waals surface area contributed by atoms with Gasteiger partial charge in [0.2, 0.25) is 0 Å². The largest absolute Gasteiger partial charge is 0.306 e. The summed E-state index contributed by atoms with van der Waals surface area (Å²) in [6.07, 6.45) is 4.79. The van der Waals surface area contributed by atoms with E-state index in [-0.39, 0.29) is 0 Å². The molecule has 4 nitrogen and oxygen atoms in total. The van der Waals surface area contributed by atoms with Gasteiger partial charge in [0.05, 0.1) is 17.8 Å². The Morgan fingerprint density at radius 2 is 2.13 bits per heavy atom. The fourth-order valence-corrected chi connectivity index (χ4v) is 2.16. The molecule has 0 aromatic carbocycles. The maximum absolute atomic E-state index is 10.7. The monoisotopic (exact) mass is 207 g/mol. The van der Waals surface area contributed by atoms with Crippen molar-refractivity contribution in [1.82, 2.24) is 14.7 Å². The van der Waals surface area contributed by atoms with E-state index in [1.807, 2.05) is 11.6 Å². The molecule has 1 aromatic rings. The summed E-state index contributed by atoms with van der Waals surface area (Å²) in [5.41, 5.74) is 1.72. The second-order valence-electron chi connectivity index (χ2n) is 4.28. The molecule has 0 bridgehead atoms. The van der Waals surface area contributed by atoms with Crippen LogP contribution >= 0.6 is 0 Å². The van der Waals surface area contributed by atoms with Crippen molar-refractivity contribution in [2.45, 2.75) is 25.8 Å². The van der Waals surface area contributed by atoms with Crippen LogP contribution in [0.1, 0.15) is 34.9 Å². The number of hydrogen-bond donors (Lipinski definition) is 0. The highest BCUT2D eigenvalue weighted by Gasteiger charge is 2.20. The molecular formula is C11H17N3O. The number of rotatable bonds is 2. The van der Waals surface area contributed by atoms with E-state index < -0.39 is 0 Å². The molecule has 2 rings (SSSR count). The first-order valence-electron chi connectivity index (χ1n) is 5.40. The van der Waals surface area contributed by atoms with Crippen molar-refractivity contribution in [2.75, 3.05) is 20.1 Å². The summed E-state index contributed by atoms with van der Waals surface area (Å²) in [7, 11) is 2.14. The molecule has 1 aromatic heterocycles. The topological polar surface area (TPSA) is 38.1 Å². The van der Waals surface area contributed by atoms with Gasteiger partial charge in [0.1, 0.15) is 0 Å². The van der Waals surface area contributed by atoms with Crippen molar-refractivity contribution in [3.8, 4) is 0 Å². The molecule has 0 saturated carbocycles. The molecule has 0 N–H and O–H groups in total. The number of nitrogens with zero attached hydrogens (tertiary/aromatic N) is 3. The summed E-state index contributed by atoms with van der Waals surface area (Å²) >= 11 is 0. The van der Waals surface area contributed by atoms with E-state index in [0.717, 1.165) is 37.9 Å². The SMILES string of the molecule is Cc1c(C=O)cnn1C1CCN(C)CC1. The molecular weight excluding hydrogens is 190 g/mol. The Kier molecular flexibility index (Phi) is 2.86. The summed E-state index contributed by atoms with van der Waals surface area (Å²) in [6, 6.07) is 0.468. The fraction of sp³-hybridized carbons (Fsp3) is 0.636. The van der Waals surface area contributed by atoms with Crippen LogP contribution in [0.15, 0.2) is 6.20 Å². The van der Waals surface area contributed by atoms with Crippen LogP contribution in [0.4, 0.5) is 0 Å². The van der Waals surface area contributed by atoms with Gasteiger partial charge >= 0.3 is 0 Å². The first-order chi connectivity index (χ1) is 7.22. The molecule has 0 unspecified atom stereocenters. The summed E-state index contributed by atoms with van der Waals surface area (Å²) in [6.45, 7) is 4.19. The van der Waals surface area contributed by atoms with Gasteiger partial charge in [-0.15, -0.1) is 0 Å². The van der Waals surface area contributed by atoms with Crippen LogP contribution < -0.4 is 0 Å². The normalized spacial score (nSPS) is 19.3. The van der Waals surface area contributed by atoms with Crippen molar-refractivity contribution < 1.29 is 4.79 Å². The van der Waals surface area contributed by atoms with Crippen molar-refractivity contribution in [1.29, 1.82) is 0 Å². The quantitative estimate of drug-likeness (QED) is 0.685. The lowest BCUT2D eigenvalue weighted by Gasteiger charge is -2.29. The van der Waals surface area contributed by atoms with Gasteiger partial charge in [-0.05, 0) is 39.9 Å². The minimum atomic E-state index is 0.468. The molecule has 1 saturated heterocycles. The van der Waals surface area contributed by atoms with Crippen molar-refractivity contribution in [3.63, 3.8) is 0 Å². The van der Waals surface area contributed by atoms with E-state index >= 15 is 0 Å². The number of carbonyl (C=O) groups is 1. The predicted molar refractivity (Wildman–Crippen MR) is 58.1 cm³/mol. The number of aromatic nitrogens is 2. The molecule has 0 radical (unpaired) electrons. The van der Waals surface area contributed by atoms with E-state index in [0.29, 0.717) is 11.6 Å². The minimum absolute atomic E-state index is 0.468. The van der Waals surface area contributed by atoms with Crippen molar-refractivity contribution >= 4 is 6.29 Å². The Morgan fingerprint density at radius 3 is 2.67 bits per heavy atom. The first-order valence-corrected chi connectivity index (χ1v) is 5.40. The molecule has 1 aliphatic rings. The van der Waals surface area contributed by atoms with E-state index in [9.17, 15) is 4.79 Å². The average Bonchev–Trinajstić information content (AvgIpc) is 2.61. The van der Waals surface area contributed by atoms with Gasteiger partial charge in [0, 0.05) is 5.69 Å². The third-order valence-corrected chi connectivity index (χ3v) is 3.24. The fourth-order valence-electron chi connectivity index (χ4n) is 2.16. The van der Waals surface area contributed by atoms with Crippen LogP contribution in [0, 0.1) is 6.92 Å². The van der Waals surface area contributed by atoms with Gasteiger partial charge < -0.3 is 4.90 Å². The number of carbonyl (C=O) groups excluding carboxylic acids is 1. The van der Waals surface area contributed by atoms with Gasteiger partial charge in [-0.2, -0.15) is 5.10 Å². The average molecular weight is 207 g/mol. The Hall–Kier alpha value is -1.16. The van der Waals surface area contributed by atoms with E-state index in [1.54, 1.807) is 6.20 Å². The molecule has 1 fully saturated rings. The Labute approximate surface area is 89.9 Å². The van der Waals surface area contributed by atoms with Crippen LogP contribution in [0.5, 0.6) is 0 Å². The van der Waals surface area contributed by atoms with Gasteiger partial charge in [0.25, 0.3) is 0 Å². The lowest BCUT2D eigenvalue weighted by molar-refractivity contribution is 0.112. The molecule has 0 atom stereocenters. The van der Waals surface area contributed by atoms with Crippen molar-refractivity contribution in [2.24, 2.45) is 0 Å². The van der Waals surface area contributed by atoms with Crippen molar-refractivity contribution in [3.05, 3.63) is 17.5 Å². The van der Waals surface area contributed by atoms with E-state index in [2.05, 4.69) is 17.0 Å². The van der Waals surface area contributed by atoms with Crippen LogP contribution in [-0.2, 0) is 0 Å². The third kappa shape index (κ3) is 1.95. The number of likely N-dealkylation sites (tertiary alicyclic amines) is 1. The van der Waals surface area contributed by atoms with E-state index in [1.165, 1.54) is 0 Å². The van der Waals surface area contributed by atoms with Gasteiger partial charge in [-0.1, -0.05) is 0 Å². The lowest BCUT2D eigenvalue weighted by Crippen LogP contribution is -2.32. The second-order valence-corrected chi connectivity index (χ2v) is 4.28. The lowest BCUT2D eigenvalue weighted by atomic mass is 10.1. The predicted octanol–water partition coefficient (Wildman–Crippen LogP) is 1.27. The highest BCUT2D eigenvalue weighted by molar-refractivity contribution is 5.75. The molecule has 1 aliphatic heterocycles. The van der Waals surface area contributed by atoms with Crippen LogP contribution in [-0.4, -0.2) is 41.1 Å². The minimum Gasteiger partial charge on any atom is -0.306 e. The summed E-state index contributed by atoms with van der Waals surface area (Å²) in [5, 5.41) is 4.30. The molecule has 0 aliphatic carbocycles. The zero-order chi connectivity index (χ0) is 10.8. The Morgan fingerprint density at radius 1 is 1.47 bits per heavy atom. The zero-order valence-corrected chi connectivity index (χ0v) is 9.31. The van der Waals surface area contributed by atoms with Gasteiger partial charge in [0.15, 0.2) is 6.29 Å². The smallest absolute Gasteiger partial charge is 0.153 e. The summed E-state index contributed by atoms with van der Waals surface area (Å²) in [4.78, 5) is 13.0. The standard InChI is InChI=1S/C11H17N3O/c1-9-10(8-15)7-12-14(9)11-3-5-13(2)6-4-11/h7-8,11H,3-6H2,1-2H3. The third-order valence-electron chi connectivity index (χ3n) is 3.24. The molecule has 0 amide bonds. The number of hydrogen-bond acceptors (Lipinski definition) is 3. The van der Waals surface area contributed by atoms with Crippen LogP contribution in [0.2, 0.25) is 0 Å².